The molecule has 0 aliphatic rings. The first-order chi connectivity index (χ1) is 37.7. The third kappa shape index (κ3) is 6.74. The molecular formula is C72H49N3Si. The van der Waals surface area contributed by atoms with Crippen LogP contribution in [0.4, 0.5) is 0 Å². The number of rotatable bonds is 9. The van der Waals surface area contributed by atoms with Crippen LogP contribution >= 0.6 is 0 Å². The maximum Gasteiger partial charge on any atom is 0.179 e. The lowest BCUT2D eigenvalue weighted by atomic mass is 10.0. The topological polar surface area (TPSA) is 14.8 Å². The van der Waals surface area contributed by atoms with Crippen molar-refractivity contribution in [1.82, 2.24) is 13.7 Å². The predicted octanol–water partition coefficient (Wildman–Crippen LogP) is 15.7. The minimum Gasteiger partial charge on any atom is -0.309 e. The fourth-order valence-corrected chi connectivity index (χ4v) is 17.5. The maximum atomic E-state index is 2.52. The summed E-state index contributed by atoms with van der Waals surface area (Å²) in [6, 6.07) is 110. The van der Waals surface area contributed by atoms with Crippen LogP contribution in [0.15, 0.2) is 297 Å². The molecule has 15 rings (SSSR count). The van der Waals surface area contributed by atoms with Crippen molar-refractivity contribution in [2.45, 2.75) is 0 Å². The first-order valence-corrected chi connectivity index (χ1v) is 28.3. The Morgan fingerprint density at radius 2 is 0.632 bits per heavy atom. The highest BCUT2D eigenvalue weighted by molar-refractivity contribution is 7.20. The van der Waals surface area contributed by atoms with E-state index in [0.29, 0.717) is 0 Å². The number of para-hydroxylation sites is 4. The molecule has 4 heteroatoms. The number of benzene rings is 12. The molecule has 76 heavy (non-hydrogen) atoms. The zero-order chi connectivity index (χ0) is 50.2. The number of hydrogen-bond donors (Lipinski definition) is 0. The van der Waals surface area contributed by atoms with Gasteiger partial charge in [-0.1, -0.05) is 224 Å². The fraction of sp³-hybridized carbons (Fsp3) is 0. The van der Waals surface area contributed by atoms with Crippen molar-refractivity contribution in [2.75, 3.05) is 0 Å². The van der Waals surface area contributed by atoms with Gasteiger partial charge >= 0.3 is 0 Å². The first kappa shape index (κ1) is 43.8. The van der Waals surface area contributed by atoms with Crippen LogP contribution in [-0.2, 0) is 0 Å². The zero-order valence-electron chi connectivity index (χ0n) is 41.6. The second-order valence-electron chi connectivity index (χ2n) is 20.0. The Bertz CT molecular complexity index is 4590. The van der Waals surface area contributed by atoms with Crippen LogP contribution in [0.5, 0.6) is 0 Å². The summed E-state index contributed by atoms with van der Waals surface area (Å²) in [6.07, 6.45) is 0. The van der Waals surface area contributed by atoms with E-state index in [0.717, 1.165) is 17.1 Å². The highest BCUT2D eigenvalue weighted by atomic mass is 28.3. The summed E-state index contributed by atoms with van der Waals surface area (Å²) in [5.74, 6) is 0. The molecule has 0 atom stereocenters. The van der Waals surface area contributed by atoms with Crippen LogP contribution in [-0.4, -0.2) is 21.8 Å². The zero-order valence-corrected chi connectivity index (χ0v) is 42.6. The van der Waals surface area contributed by atoms with E-state index in [1.165, 1.54) is 108 Å². The molecule has 12 aromatic carbocycles. The van der Waals surface area contributed by atoms with Crippen molar-refractivity contribution in [2.24, 2.45) is 0 Å². The molecule has 0 aliphatic heterocycles. The quantitative estimate of drug-likeness (QED) is 0.101. The van der Waals surface area contributed by atoms with Crippen LogP contribution < -0.4 is 20.7 Å². The summed E-state index contributed by atoms with van der Waals surface area (Å²) >= 11 is 0. The Labute approximate surface area is 442 Å². The Morgan fingerprint density at radius 3 is 1.24 bits per heavy atom. The molecule has 15 aromatic rings. The minimum atomic E-state index is -2.77. The van der Waals surface area contributed by atoms with Crippen molar-refractivity contribution in [3.8, 4) is 39.3 Å². The van der Waals surface area contributed by atoms with E-state index in [-0.39, 0.29) is 0 Å². The third-order valence-electron chi connectivity index (χ3n) is 16.0. The maximum absolute atomic E-state index is 2.77. The number of aromatic nitrogens is 3. The molecule has 0 unspecified atom stereocenters. The van der Waals surface area contributed by atoms with E-state index in [1.807, 2.05) is 0 Å². The molecule has 0 bridgehead atoms. The largest absolute Gasteiger partial charge is 0.309 e. The van der Waals surface area contributed by atoms with E-state index in [9.17, 15) is 0 Å². The van der Waals surface area contributed by atoms with Crippen molar-refractivity contribution in [3.05, 3.63) is 297 Å². The molecule has 0 spiro atoms. The summed E-state index contributed by atoms with van der Waals surface area (Å²) in [5, 5.41) is 12.9. The van der Waals surface area contributed by atoms with Gasteiger partial charge in [-0.25, -0.2) is 0 Å². The Kier molecular flexibility index (Phi) is 10.2. The fourth-order valence-electron chi connectivity index (χ4n) is 12.7. The van der Waals surface area contributed by atoms with E-state index < -0.39 is 8.07 Å². The van der Waals surface area contributed by atoms with Gasteiger partial charge in [-0.15, -0.1) is 0 Å². The SMILES string of the molecule is c1ccc(-c2cccc(-n3c4ccccc4c4cc(-n5c6ccccc6c6cc(-c7ccccc7-n7c8ccccc8c8cc([Si](c9ccccc9)(c9ccccc9)c9ccccc9)ccc87)ccc65)ccc43)c2)cc1. The van der Waals surface area contributed by atoms with Crippen molar-refractivity contribution < 1.29 is 0 Å². The van der Waals surface area contributed by atoms with Gasteiger partial charge in [0, 0.05) is 49.3 Å². The molecule has 3 nitrogen and oxygen atoms in total. The highest BCUT2D eigenvalue weighted by Gasteiger charge is 2.41. The summed E-state index contributed by atoms with van der Waals surface area (Å²) in [6.45, 7) is 0. The summed E-state index contributed by atoms with van der Waals surface area (Å²) in [5.41, 5.74) is 15.3. The van der Waals surface area contributed by atoms with E-state index in [2.05, 4.69) is 311 Å². The second kappa shape index (κ2) is 17.7. The highest BCUT2D eigenvalue weighted by Crippen LogP contribution is 2.41. The molecular weight excluding hydrogens is 935 g/mol. The van der Waals surface area contributed by atoms with E-state index >= 15 is 0 Å². The van der Waals surface area contributed by atoms with Crippen molar-refractivity contribution >= 4 is 94.2 Å². The lowest BCUT2D eigenvalue weighted by molar-refractivity contribution is 1.16. The molecule has 3 heterocycles. The monoisotopic (exact) mass is 983 g/mol. The van der Waals surface area contributed by atoms with Gasteiger partial charge in [-0.2, -0.15) is 0 Å². The van der Waals surface area contributed by atoms with Crippen LogP contribution in [0.3, 0.4) is 0 Å². The molecule has 0 radical (unpaired) electrons. The molecule has 356 valence electrons. The number of fused-ring (bicyclic) bond motifs is 9. The molecule has 0 saturated carbocycles. The van der Waals surface area contributed by atoms with Gasteiger partial charge in [-0.05, 0) is 110 Å². The molecule has 0 amide bonds. The molecule has 0 aliphatic carbocycles. The van der Waals surface area contributed by atoms with Gasteiger partial charge in [0.05, 0.1) is 38.8 Å². The predicted molar refractivity (Wildman–Crippen MR) is 324 cm³/mol. The van der Waals surface area contributed by atoms with E-state index in [4.69, 9.17) is 0 Å². The number of hydrogen-bond acceptors (Lipinski definition) is 0. The van der Waals surface area contributed by atoms with Crippen molar-refractivity contribution in [1.29, 1.82) is 0 Å². The summed E-state index contributed by atoms with van der Waals surface area (Å²) in [4.78, 5) is 0. The van der Waals surface area contributed by atoms with Crippen LogP contribution in [0.25, 0.3) is 105 Å². The van der Waals surface area contributed by atoms with Gasteiger partial charge in [0.2, 0.25) is 0 Å². The van der Waals surface area contributed by atoms with Crippen LogP contribution in [0.1, 0.15) is 0 Å². The van der Waals surface area contributed by atoms with Crippen LogP contribution in [0, 0.1) is 0 Å². The van der Waals surface area contributed by atoms with Crippen LogP contribution in [0.2, 0.25) is 0 Å². The molecule has 0 fully saturated rings. The van der Waals surface area contributed by atoms with E-state index in [1.54, 1.807) is 0 Å². The summed E-state index contributed by atoms with van der Waals surface area (Å²) < 4.78 is 7.37. The lowest BCUT2D eigenvalue weighted by Crippen LogP contribution is -2.74. The standard InChI is InChI=1S/C72H49N3Si/c1-5-22-50(23-6-1)51-24-21-25-53(46-51)73-68-38-19-15-34-61(68)64-48-54(41-44-71(64)73)74-67-37-18-14-33-60(67)63-47-52(40-43-70(63)74)59-32-13-17-36-66(59)75-69-39-20-16-35-62(69)65-49-58(42-45-72(65)75)76(55-26-7-2-8-27-55,56-28-9-3-10-29-56)57-30-11-4-12-31-57/h1-49H. The molecule has 0 saturated heterocycles. The average molecular weight is 984 g/mol. The second-order valence-corrected chi connectivity index (χ2v) is 23.8. The lowest BCUT2D eigenvalue weighted by Gasteiger charge is -2.34. The summed E-state index contributed by atoms with van der Waals surface area (Å²) in [7, 11) is -2.77. The normalized spacial score (nSPS) is 11.9. The third-order valence-corrected chi connectivity index (χ3v) is 20.8. The number of nitrogens with zero attached hydrogens (tertiary/aromatic N) is 3. The van der Waals surface area contributed by atoms with Gasteiger partial charge in [-0.3, -0.25) is 0 Å². The van der Waals surface area contributed by atoms with Gasteiger partial charge < -0.3 is 13.7 Å². The average Bonchev–Trinajstić information content (AvgIpc) is 4.22. The van der Waals surface area contributed by atoms with Gasteiger partial charge in [0.25, 0.3) is 0 Å². The smallest absolute Gasteiger partial charge is 0.179 e. The van der Waals surface area contributed by atoms with Gasteiger partial charge in [0.1, 0.15) is 0 Å². The molecule has 0 N–H and O–H groups in total. The van der Waals surface area contributed by atoms with Crippen molar-refractivity contribution in [3.63, 3.8) is 0 Å². The Morgan fingerprint density at radius 1 is 0.211 bits per heavy atom. The van der Waals surface area contributed by atoms with Gasteiger partial charge in [0.15, 0.2) is 8.07 Å². The Hall–Kier alpha value is -9.74. The Balaban J connectivity index is 0.886. The molecule has 3 aromatic heterocycles. The minimum absolute atomic E-state index is 1.14. The first-order valence-electron chi connectivity index (χ1n) is 26.3.